The summed E-state index contributed by atoms with van der Waals surface area (Å²) >= 11 is 0. The summed E-state index contributed by atoms with van der Waals surface area (Å²) in [5, 5.41) is 39.8. The van der Waals surface area contributed by atoms with Crippen LogP contribution in [0.4, 0.5) is 0 Å². The summed E-state index contributed by atoms with van der Waals surface area (Å²) in [6.07, 6.45) is 28.7. The van der Waals surface area contributed by atoms with Crippen LogP contribution in [-0.2, 0) is 33.3 Å². The molecule has 1 saturated heterocycles. The molecule has 1 rings (SSSR count). The van der Waals surface area contributed by atoms with Gasteiger partial charge in [-0.2, -0.15) is 0 Å². The number of hydrogen-bond donors (Lipinski definition) is 4. The van der Waals surface area contributed by atoms with Crippen molar-refractivity contribution in [2.45, 2.75) is 263 Å². The highest BCUT2D eigenvalue weighted by Gasteiger charge is 2.47. The summed E-state index contributed by atoms with van der Waals surface area (Å²) in [7, 11) is 0. The molecule has 0 aromatic heterocycles. The van der Waals surface area contributed by atoms with Crippen LogP contribution in [0.5, 0.6) is 0 Å². The molecule has 336 valence electrons. The van der Waals surface area contributed by atoms with Crippen LogP contribution < -0.4 is 0 Å². The summed E-state index contributed by atoms with van der Waals surface area (Å²) in [6.45, 7) is 3.84. The zero-order chi connectivity index (χ0) is 41.8. The molecule has 0 aromatic carbocycles. The van der Waals surface area contributed by atoms with Crippen LogP contribution in [0, 0.1) is 0 Å². The molecule has 11 heteroatoms. The summed E-state index contributed by atoms with van der Waals surface area (Å²) in [4.78, 5) is 36.8. The fourth-order valence-electron chi connectivity index (χ4n) is 7.47. The molecule has 6 unspecified atom stereocenters. The lowest BCUT2D eigenvalue weighted by molar-refractivity contribution is -0.298. The molecule has 0 amide bonds. The first-order valence-electron chi connectivity index (χ1n) is 23.6. The first-order chi connectivity index (χ1) is 27.7. The van der Waals surface area contributed by atoms with Gasteiger partial charge in [0.25, 0.3) is 0 Å². The predicted molar refractivity (Wildman–Crippen MR) is 225 cm³/mol. The average molecular weight is 815 g/mol. The lowest BCUT2D eigenvalue weighted by atomic mass is 9.99. The molecule has 0 radical (unpaired) electrons. The van der Waals surface area contributed by atoms with Gasteiger partial charge < -0.3 is 39.4 Å². The molecule has 0 aromatic rings. The van der Waals surface area contributed by atoms with Crippen molar-refractivity contribution in [3.05, 3.63) is 0 Å². The minimum absolute atomic E-state index is 0.191. The Morgan fingerprint density at radius 3 is 1.19 bits per heavy atom. The Hall–Kier alpha value is -1.79. The Morgan fingerprint density at radius 1 is 0.474 bits per heavy atom. The number of unbranched alkanes of at least 4 members (excludes halogenated alkanes) is 29. The van der Waals surface area contributed by atoms with Crippen molar-refractivity contribution in [1.29, 1.82) is 0 Å². The molecule has 0 bridgehead atoms. The fraction of sp³-hybridized carbons (Fsp3) is 0.935. The van der Waals surface area contributed by atoms with E-state index in [1.165, 1.54) is 148 Å². The Morgan fingerprint density at radius 2 is 0.825 bits per heavy atom. The number of carbonyl (C=O) groups excluding carboxylic acids is 2. The van der Waals surface area contributed by atoms with Crippen molar-refractivity contribution in [2.75, 3.05) is 13.2 Å². The average Bonchev–Trinajstić information content (AvgIpc) is 3.19. The van der Waals surface area contributed by atoms with Crippen molar-refractivity contribution in [2.24, 2.45) is 0 Å². The summed E-state index contributed by atoms with van der Waals surface area (Å²) in [6, 6.07) is 0. The van der Waals surface area contributed by atoms with E-state index >= 15 is 0 Å². The fourth-order valence-corrected chi connectivity index (χ4v) is 7.47. The predicted octanol–water partition coefficient (Wildman–Crippen LogP) is 10.3. The van der Waals surface area contributed by atoms with Crippen LogP contribution in [0.15, 0.2) is 0 Å². The number of rotatable bonds is 40. The van der Waals surface area contributed by atoms with Gasteiger partial charge in [-0.15, -0.1) is 0 Å². The zero-order valence-corrected chi connectivity index (χ0v) is 36.4. The summed E-state index contributed by atoms with van der Waals surface area (Å²) in [5.74, 6) is -2.42. The number of ether oxygens (including phenoxy) is 4. The molecule has 1 aliphatic rings. The van der Waals surface area contributed by atoms with Gasteiger partial charge in [-0.1, -0.05) is 200 Å². The molecule has 0 aliphatic carbocycles. The number of aliphatic carboxylic acids is 1. The first-order valence-corrected chi connectivity index (χ1v) is 23.6. The molecule has 0 saturated carbocycles. The molecule has 1 aliphatic heterocycles. The largest absolute Gasteiger partial charge is 0.479 e. The molecule has 1 heterocycles. The normalized spacial score (nSPS) is 20.1. The molecular formula is C46H86O11. The number of hydrogen-bond acceptors (Lipinski definition) is 10. The molecule has 4 N–H and O–H groups in total. The van der Waals surface area contributed by atoms with Gasteiger partial charge >= 0.3 is 17.9 Å². The molecule has 57 heavy (non-hydrogen) atoms. The van der Waals surface area contributed by atoms with E-state index in [1.807, 2.05) is 0 Å². The van der Waals surface area contributed by atoms with Gasteiger partial charge in [0.05, 0.1) is 6.61 Å². The second-order valence-corrected chi connectivity index (χ2v) is 16.6. The van der Waals surface area contributed by atoms with Crippen molar-refractivity contribution < 1.29 is 53.8 Å². The van der Waals surface area contributed by atoms with Gasteiger partial charge in [0.1, 0.15) is 24.9 Å². The van der Waals surface area contributed by atoms with E-state index in [0.29, 0.717) is 12.8 Å². The van der Waals surface area contributed by atoms with Crippen molar-refractivity contribution in [3.63, 3.8) is 0 Å². The highest BCUT2D eigenvalue weighted by Crippen LogP contribution is 2.23. The Balaban J connectivity index is 2.32. The van der Waals surface area contributed by atoms with Gasteiger partial charge in [0.2, 0.25) is 0 Å². The van der Waals surface area contributed by atoms with Crippen LogP contribution in [0.1, 0.15) is 226 Å². The van der Waals surface area contributed by atoms with Gasteiger partial charge in [-0.3, -0.25) is 9.59 Å². The standard InChI is InChI=1S/C46H86O11/c1-3-5-7-9-11-13-15-17-19-20-21-23-24-26-28-30-32-34-39(47)54-36-38(37-55-46-43(51)41(49)42(50)44(57-46)45(52)53)56-40(48)35-33-31-29-27-25-22-18-16-14-12-10-8-6-4-2/h38,41-44,46,49-51H,3-37H2,1-2H3,(H,52,53). The second kappa shape index (κ2) is 37.2. The van der Waals surface area contributed by atoms with Crippen molar-refractivity contribution >= 4 is 17.9 Å². The third kappa shape index (κ3) is 29.1. The van der Waals surface area contributed by atoms with Crippen molar-refractivity contribution in [1.82, 2.24) is 0 Å². The lowest BCUT2D eigenvalue weighted by Crippen LogP contribution is -2.60. The minimum Gasteiger partial charge on any atom is -0.479 e. The highest BCUT2D eigenvalue weighted by atomic mass is 16.7. The van der Waals surface area contributed by atoms with E-state index in [2.05, 4.69) is 13.8 Å². The maximum atomic E-state index is 12.8. The Bertz CT molecular complexity index is 963. The highest BCUT2D eigenvalue weighted by molar-refractivity contribution is 5.73. The molecule has 11 nitrogen and oxygen atoms in total. The molecule has 0 spiro atoms. The maximum Gasteiger partial charge on any atom is 0.335 e. The number of carboxylic acids is 1. The van der Waals surface area contributed by atoms with Crippen LogP contribution in [0.2, 0.25) is 0 Å². The van der Waals surface area contributed by atoms with Gasteiger partial charge in [0, 0.05) is 12.8 Å². The number of carboxylic acid groups (broad SMARTS) is 1. The van der Waals surface area contributed by atoms with E-state index in [-0.39, 0.29) is 26.1 Å². The Labute approximate surface area is 346 Å². The van der Waals surface area contributed by atoms with E-state index in [0.717, 1.165) is 38.5 Å². The molecule has 6 atom stereocenters. The quantitative estimate of drug-likeness (QED) is 0.0343. The van der Waals surface area contributed by atoms with Crippen LogP contribution in [-0.4, -0.2) is 88.4 Å². The van der Waals surface area contributed by atoms with Crippen LogP contribution in [0.3, 0.4) is 0 Å². The van der Waals surface area contributed by atoms with Gasteiger partial charge in [-0.05, 0) is 12.8 Å². The zero-order valence-electron chi connectivity index (χ0n) is 36.4. The number of esters is 2. The van der Waals surface area contributed by atoms with E-state index < -0.39 is 54.7 Å². The molecule has 1 fully saturated rings. The van der Waals surface area contributed by atoms with E-state index in [1.54, 1.807) is 0 Å². The van der Waals surface area contributed by atoms with Gasteiger partial charge in [0.15, 0.2) is 18.5 Å². The van der Waals surface area contributed by atoms with Gasteiger partial charge in [-0.25, -0.2) is 4.79 Å². The SMILES string of the molecule is CCCCCCCCCCCCCCCCCCCC(=O)OCC(COC1OC(C(=O)O)C(O)C(O)C1O)OC(=O)CCCCCCCCCCCCCCCC. The smallest absolute Gasteiger partial charge is 0.335 e. The first kappa shape index (κ1) is 53.2. The second-order valence-electron chi connectivity index (χ2n) is 16.6. The number of aliphatic hydroxyl groups is 3. The summed E-state index contributed by atoms with van der Waals surface area (Å²) < 4.78 is 21.8. The summed E-state index contributed by atoms with van der Waals surface area (Å²) in [5.41, 5.74) is 0. The topological polar surface area (TPSA) is 169 Å². The van der Waals surface area contributed by atoms with Crippen LogP contribution >= 0.6 is 0 Å². The third-order valence-electron chi connectivity index (χ3n) is 11.2. The molecular weight excluding hydrogens is 728 g/mol. The Kier molecular flexibility index (Phi) is 34.8. The van der Waals surface area contributed by atoms with Crippen LogP contribution in [0.25, 0.3) is 0 Å². The monoisotopic (exact) mass is 815 g/mol. The maximum absolute atomic E-state index is 12.8. The van der Waals surface area contributed by atoms with E-state index in [9.17, 15) is 34.8 Å². The van der Waals surface area contributed by atoms with Crippen molar-refractivity contribution in [3.8, 4) is 0 Å². The minimum atomic E-state index is -1.86. The third-order valence-corrected chi connectivity index (χ3v) is 11.2. The number of carbonyl (C=O) groups is 3. The lowest BCUT2D eigenvalue weighted by Gasteiger charge is -2.38. The van der Waals surface area contributed by atoms with E-state index in [4.69, 9.17) is 18.9 Å². The number of aliphatic hydroxyl groups excluding tert-OH is 3.